The summed E-state index contributed by atoms with van der Waals surface area (Å²) in [5.74, 6) is -0.104. The molecule has 0 unspecified atom stereocenters. The lowest BCUT2D eigenvalue weighted by Gasteiger charge is -2.05. The lowest BCUT2D eigenvalue weighted by Crippen LogP contribution is -2.16. The lowest BCUT2D eigenvalue weighted by atomic mass is 10.4. The second-order valence-corrected chi connectivity index (χ2v) is 3.45. The van der Waals surface area contributed by atoms with E-state index in [2.05, 4.69) is 20.0 Å². The minimum Gasteiger partial charge on any atom is -0.468 e. The molecular formula is C9H10N4O2S. The minimum absolute atomic E-state index is 0.00375. The quantitative estimate of drug-likeness (QED) is 0.468. The normalized spacial score (nSPS) is 9.31. The van der Waals surface area contributed by atoms with Crippen LogP contribution >= 0.6 is 11.8 Å². The maximum Gasteiger partial charge on any atom is 0.325 e. The monoisotopic (exact) mass is 238 g/mol. The van der Waals surface area contributed by atoms with Gasteiger partial charge in [0.2, 0.25) is 5.95 Å². The van der Waals surface area contributed by atoms with Crippen LogP contribution in [0.25, 0.3) is 0 Å². The van der Waals surface area contributed by atoms with Gasteiger partial charge in [0.15, 0.2) is 0 Å². The molecule has 1 N–H and O–H groups in total. The third kappa shape index (κ3) is 3.10. The molecule has 0 saturated heterocycles. The number of nitrogens with one attached hydrogen (secondary N) is 1. The minimum atomic E-state index is -0.404. The molecule has 0 amide bonds. The standard InChI is InChI=1S/C9H10N4O2S/c1-15-7(14)5-12-9-11-4-6(3-10)8(13-9)16-2/h4H,5H2,1-2H3,(H,11,12,13). The summed E-state index contributed by atoms with van der Waals surface area (Å²) in [5.41, 5.74) is 0.413. The van der Waals surface area contributed by atoms with Gasteiger partial charge in [-0.3, -0.25) is 4.79 Å². The Hall–Kier alpha value is -1.81. The molecule has 0 saturated carbocycles. The third-order valence-corrected chi connectivity index (χ3v) is 2.38. The number of hydrogen-bond donors (Lipinski definition) is 1. The molecule has 84 valence electrons. The number of aromatic nitrogens is 2. The van der Waals surface area contributed by atoms with Crippen LogP contribution in [0, 0.1) is 11.3 Å². The molecule has 0 aliphatic carbocycles. The first kappa shape index (κ1) is 12.3. The number of rotatable bonds is 4. The van der Waals surface area contributed by atoms with E-state index in [1.165, 1.54) is 25.1 Å². The molecule has 0 aliphatic rings. The molecule has 1 rings (SSSR count). The van der Waals surface area contributed by atoms with E-state index in [9.17, 15) is 4.79 Å². The SMILES string of the molecule is COC(=O)CNc1ncc(C#N)c(SC)n1. The first-order chi connectivity index (χ1) is 7.71. The van der Waals surface area contributed by atoms with Crippen molar-refractivity contribution in [1.29, 1.82) is 5.26 Å². The van der Waals surface area contributed by atoms with Crippen molar-refractivity contribution < 1.29 is 9.53 Å². The third-order valence-electron chi connectivity index (χ3n) is 1.69. The van der Waals surface area contributed by atoms with Gasteiger partial charge < -0.3 is 10.1 Å². The number of nitriles is 1. The summed E-state index contributed by atoms with van der Waals surface area (Å²) in [5, 5.41) is 12.0. The van der Waals surface area contributed by atoms with Gasteiger partial charge in [-0.1, -0.05) is 0 Å². The van der Waals surface area contributed by atoms with Gasteiger partial charge in [0.1, 0.15) is 23.2 Å². The van der Waals surface area contributed by atoms with Gasteiger partial charge in [0.05, 0.1) is 13.3 Å². The average Bonchev–Trinajstić information content (AvgIpc) is 2.35. The Bertz CT molecular complexity index is 430. The molecule has 1 aromatic rings. The van der Waals surface area contributed by atoms with Crippen molar-refractivity contribution in [3.05, 3.63) is 11.8 Å². The molecule has 1 heterocycles. The topological polar surface area (TPSA) is 87.9 Å². The Kier molecular flexibility index (Phi) is 4.54. The Morgan fingerprint density at radius 3 is 3.06 bits per heavy atom. The number of hydrogen-bond acceptors (Lipinski definition) is 7. The zero-order chi connectivity index (χ0) is 12.0. The fourth-order valence-electron chi connectivity index (χ4n) is 0.907. The van der Waals surface area contributed by atoms with Gasteiger partial charge in [0.25, 0.3) is 0 Å². The van der Waals surface area contributed by atoms with E-state index in [1.54, 1.807) is 0 Å². The van der Waals surface area contributed by atoms with E-state index in [1.807, 2.05) is 12.3 Å². The second kappa shape index (κ2) is 5.92. The summed E-state index contributed by atoms with van der Waals surface area (Å²) in [6.45, 7) is -0.00375. The highest BCUT2D eigenvalue weighted by Crippen LogP contribution is 2.17. The van der Waals surface area contributed by atoms with E-state index in [4.69, 9.17) is 5.26 Å². The highest BCUT2D eigenvalue weighted by molar-refractivity contribution is 7.98. The van der Waals surface area contributed by atoms with Gasteiger partial charge in [0, 0.05) is 0 Å². The second-order valence-electron chi connectivity index (χ2n) is 2.66. The summed E-state index contributed by atoms with van der Waals surface area (Å²) in [6, 6.07) is 1.98. The molecule has 7 heteroatoms. The van der Waals surface area contributed by atoms with Crippen LogP contribution in [-0.4, -0.2) is 35.8 Å². The fourth-order valence-corrected chi connectivity index (χ4v) is 1.40. The maximum absolute atomic E-state index is 10.9. The highest BCUT2D eigenvalue weighted by Gasteiger charge is 2.06. The van der Waals surface area contributed by atoms with Gasteiger partial charge in [-0.15, -0.1) is 11.8 Å². The van der Waals surface area contributed by atoms with Crippen molar-refractivity contribution in [2.75, 3.05) is 25.2 Å². The van der Waals surface area contributed by atoms with Crippen molar-refractivity contribution in [1.82, 2.24) is 9.97 Å². The van der Waals surface area contributed by atoms with Crippen molar-refractivity contribution in [3.63, 3.8) is 0 Å². The number of carbonyl (C=O) groups excluding carboxylic acids is 1. The van der Waals surface area contributed by atoms with Crippen molar-refractivity contribution >= 4 is 23.7 Å². The molecule has 0 aromatic carbocycles. The Morgan fingerprint density at radius 2 is 2.50 bits per heavy atom. The van der Waals surface area contributed by atoms with E-state index in [0.29, 0.717) is 16.5 Å². The lowest BCUT2D eigenvalue weighted by molar-refractivity contribution is -0.138. The fraction of sp³-hybridized carbons (Fsp3) is 0.333. The molecule has 0 spiro atoms. The number of methoxy groups -OCH3 is 1. The van der Waals surface area contributed by atoms with Crippen LogP contribution in [-0.2, 0) is 9.53 Å². The number of nitrogens with zero attached hydrogens (tertiary/aromatic N) is 3. The van der Waals surface area contributed by atoms with Gasteiger partial charge in [-0.2, -0.15) is 5.26 Å². The van der Waals surface area contributed by atoms with Crippen molar-refractivity contribution in [3.8, 4) is 6.07 Å². The predicted molar refractivity (Wildman–Crippen MR) is 59.0 cm³/mol. The highest BCUT2D eigenvalue weighted by atomic mass is 32.2. The predicted octanol–water partition coefficient (Wildman–Crippen LogP) is 0.655. The number of anilines is 1. The Balaban J connectivity index is 2.76. The van der Waals surface area contributed by atoms with E-state index < -0.39 is 5.97 Å². The largest absolute Gasteiger partial charge is 0.468 e. The maximum atomic E-state index is 10.9. The first-order valence-electron chi connectivity index (χ1n) is 4.33. The molecule has 6 nitrogen and oxygen atoms in total. The van der Waals surface area contributed by atoms with Crippen LogP contribution in [0.4, 0.5) is 5.95 Å². The number of carbonyl (C=O) groups is 1. The van der Waals surface area contributed by atoms with Crippen molar-refractivity contribution in [2.45, 2.75) is 5.03 Å². The first-order valence-corrected chi connectivity index (χ1v) is 5.55. The van der Waals surface area contributed by atoms with Gasteiger partial charge in [-0.25, -0.2) is 9.97 Å². The molecule has 0 bridgehead atoms. The molecule has 0 atom stereocenters. The molecule has 1 aromatic heterocycles. The molecule has 0 radical (unpaired) electrons. The molecule has 0 aliphatic heterocycles. The molecule has 16 heavy (non-hydrogen) atoms. The van der Waals surface area contributed by atoms with Crippen molar-refractivity contribution in [2.24, 2.45) is 0 Å². The van der Waals surface area contributed by atoms with E-state index >= 15 is 0 Å². The van der Waals surface area contributed by atoms with Gasteiger partial charge >= 0.3 is 5.97 Å². The average molecular weight is 238 g/mol. The summed E-state index contributed by atoms with van der Waals surface area (Å²) in [4.78, 5) is 18.8. The molecular weight excluding hydrogens is 228 g/mol. The van der Waals surface area contributed by atoms with Crippen LogP contribution < -0.4 is 5.32 Å². The Labute approximate surface area is 97.0 Å². The summed E-state index contributed by atoms with van der Waals surface area (Å²) < 4.78 is 4.46. The van der Waals surface area contributed by atoms with Crippen LogP contribution in [0.15, 0.2) is 11.2 Å². The zero-order valence-corrected chi connectivity index (χ0v) is 9.67. The van der Waals surface area contributed by atoms with Crippen LogP contribution in [0.1, 0.15) is 5.56 Å². The number of ether oxygens (including phenoxy) is 1. The Morgan fingerprint density at radius 1 is 1.75 bits per heavy atom. The van der Waals surface area contributed by atoms with E-state index in [0.717, 1.165) is 0 Å². The smallest absolute Gasteiger partial charge is 0.325 e. The summed E-state index contributed by atoms with van der Waals surface area (Å²) in [6.07, 6.45) is 3.23. The van der Waals surface area contributed by atoms with Gasteiger partial charge in [-0.05, 0) is 6.26 Å². The zero-order valence-electron chi connectivity index (χ0n) is 8.85. The van der Waals surface area contributed by atoms with Crippen LogP contribution in [0.3, 0.4) is 0 Å². The summed E-state index contributed by atoms with van der Waals surface area (Å²) >= 11 is 1.34. The van der Waals surface area contributed by atoms with Crippen LogP contribution in [0.5, 0.6) is 0 Å². The number of esters is 1. The van der Waals surface area contributed by atoms with Crippen LogP contribution in [0.2, 0.25) is 0 Å². The molecule has 0 fully saturated rings. The summed E-state index contributed by atoms with van der Waals surface area (Å²) in [7, 11) is 1.30. The number of thioether (sulfide) groups is 1. The van der Waals surface area contributed by atoms with E-state index in [-0.39, 0.29) is 6.54 Å².